The van der Waals surface area contributed by atoms with Gasteiger partial charge in [-0.1, -0.05) is 23.9 Å². The lowest BCUT2D eigenvalue weighted by molar-refractivity contribution is -0.113. The van der Waals surface area contributed by atoms with Crippen molar-refractivity contribution in [1.29, 1.82) is 0 Å². The van der Waals surface area contributed by atoms with Crippen LogP contribution in [-0.4, -0.2) is 39.6 Å². The van der Waals surface area contributed by atoms with Gasteiger partial charge in [-0.2, -0.15) is 0 Å². The number of halogens is 1. The van der Waals surface area contributed by atoms with E-state index in [1.165, 1.54) is 16.8 Å². The number of rotatable bonds is 8. The first-order valence-corrected chi connectivity index (χ1v) is 11.4. The fourth-order valence-corrected chi connectivity index (χ4v) is 3.77. The quantitative estimate of drug-likeness (QED) is 0.252. The molecule has 4 rings (SSSR count). The number of hydrogen-bond donors (Lipinski definition) is 3. The van der Waals surface area contributed by atoms with Crippen molar-refractivity contribution in [1.82, 2.24) is 14.9 Å². The molecule has 0 atom stereocenters. The zero-order chi connectivity index (χ0) is 24.8. The van der Waals surface area contributed by atoms with E-state index in [0.717, 1.165) is 11.8 Å². The fourth-order valence-electron chi connectivity index (χ4n) is 3.11. The number of methoxy groups -OCH3 is 1. The summed E-state index contributed by atoms with van der Waals surface area (Å²) in [4.78, 5) is 24.8. The molecule has 0 aliphatic rings. The second-order valence-corrected chi connectivity index (χ2v) is 8.23. The van der Waals surface area contributed by atoms with Gasteiger partial charge in [0.15, 0.2) is 5.82 Å². The molecule has 4 aromatic rings. The predicted octanol–water partition coefficient (Wildman–Crippen LogP) is 3.79. The van der Waals surface area contributed by atoms with Gasteiger partial charge < -0.3 is 21.2 Å². The summed E-state index contributed by atoms with van der Waals surface area (Å²) in [5, 5.41) is 13.8. The molecule has 0 radical (unpaired) electrons. The maximum Gasteiger partial charge on any atom is 0.255 e. The molecule has 0 aliphatic heterocycles. The summed E-state index contributed by atoms with van der Waals surface area (Å²) < 4.78 is 19.8. The van der Waals surface area contributed by atoms with Gasteiger partial charge in [-0.3, -0.25) is 9.59 Å². The van der Waals surface area contributed by atoms with E-state index in [-0.39, 0.29) is 23.4 Å². The zero-order valence-corrected chi connectivity index (χ0v) is 19.4. The van der Waals surface area contributed by atoms with Gasteiger partial charge in [0.25, 0.3) is 5.91 Å². The van der Waals surface area contributed by atoms with Gasteiger partial charge in [-0.25, -0.2) is 9.07 Å². The minimum absolute atomic E-state index is 0.0260. The second-order valence-electron chi connectivity index (χ2n) is 7.28. The summed E-state index contributed by atoms with van der Waals surface area (Å²) in [6.07, 6.45) is 0. The molecule has 11 heteroatoms. The molecule has 3 aromatic carbocycles. The minimum Gasteiger partial charge on any atom is -0.497 e. The van der Waals surface area contributed by atoms with Crippen LogP contribution >= 0.6 is 11.8 Å². The van der Waals surface area contributed by atoms with Crippen LogP contribution in [0.25, 0.3) is 11.4 Å². The van der Waals surface area contributed by atoms with Crippen LogP contribution in [0, 0.1) is 5.82 Å². The Morgan fingerprint density at radius 3 is 2.37 bits per heavy atom. The highest BCUT2D eigenvalue weighted by Crippen LogP contribution is 2.22. The molecule has 0 spiro atoms. The second kappa shape index (κ2) is 10.7. The largest absolute Gasteiger partial charge is 0.497 e. The Morgan fingerprint density at radius 1 is 1.00 bits per heavy atom. The van der Waals surface area contributed by atoms with Gasteiger partial charge in [0.1, 0.15) is 11.6 Å². The highest BCUT2D eigenvalue weighted by molar-refractivity contribution is 7.99. The Bertz CT molecular complexity index is 1340. The Morgan fingerprint density at radius 2 is 1.69 bits per heavy atom. The van der Waals surface area contributed by atoms with E-state index in [2.05, 4.69) is 20.8 Å². The molecule has 0 unspecified atom stereocenters. The van der Waals surface area contributed by atoms with Gasteiger partial charge >= 0.3 is 0 Å². The summed E-state index contributed by atoms with van der Waals surface area (Å²) in [6.45, 7) is 0. The number of thioether (sulfide) groups is 1. The van der Waals surface area contributed by atoms with Crippen LogP contribution in [0.1, 0.15) is 10.4 Å². The van der Waals surface area contributed by atoms with E-state index in [1.54, 1.807) is 67.8 Å². The Balaban J connectivity index is 1.30. The van der Waals surface area contributed by atoms with E-state index >= 15 is 0 Å². The van der Waals surface area contributed by atoms with Crippen molar-refractivity contribution in [2.75, 3.05) is 29.3 Å². The monoisotopic (exact) mass is 492 g/mol. The normalized spacial score (nSPS) is 10.6. The molecule has 0 aliphatic carbocycles. The lowest BCUT2D eigenvalue weighted by Crippen LogP contribution is -2.17. The molecular weight excluding hydrogens is 471 g/mol. The van der Waals surface area contributed by atoms with Crippen molar-refractivity contribution in [3.05, 3.63) is 84.2 Å². The first-order valence-electron chi connectivity index (χ1n) is 10.4. The average molecular weight is 493 g/mol. The molecule has 178 valence electrons. The molecule has 35 heavy (non-hydrogen) atoms. The molecule has 4 N–H and O–H groups in total. The molecule has 0 saturated carbocycles. The van der Waals surface area contributed by atoms with Crippen molar-refractivity contribution in [2.24, 2.45) is 0 Å². The number of ether oxygens (including phenoxy) is 1. The number of carbonyl (C=O) groups excluding carboxylic acids is 2. The number of carbonyl (C=O) groups is 2. The van der Waals surface area contributed by atoms with Crippen LogP contribution < -0.4 is 21.2 Å². The third-order valence-corrected chi connectivity index (χ3v) is 5.80. The maximum absolute atomic E-state index is 13.5. The van der Waals surface area contributed by atoms with Crippen molar-refractivity contribution in [3.8, 4) is 17.1 Å². The van der Waals surface area contributed by atoms with Crippen LogP contribution in [0.2, 0.25) is 0 Å². The molecule has 0 saturated heterocycles. The van der Waals surface area contributed by atoms with Crippen molar-refractivity contribution in [3.63, 3.8) is 0 Å². The van der Waals surface area contributed by atoms with Gasteiger partial charge in [0.2, 0.25) is 11.1 Å². The number of benzene rings is 3. The van der Waals surface area contributed by atoms with Gasteiger partial charge in [0.05, 0.1) is 12.9 Å². The first kappa shape index (κ1) is 23.8. The highest BCUT2D eigenvalue weighted by atomic mass is 32.2. The Kier molecular flexibility index (Phi) is 7.27. The highest BCUT2D eigenvalue weighted by Gasteiger charge is 2.15. The number of anilines is 2. The summed E-state index contributed by atoms with van der Waals surface area (Å²) in [6, 6.07) is 19.3. The smallest absolute Gasteiger partial charge is 0.255 e. The summed E-state index contributed by atoms with van der Waals surface area (Å²) in [7, 11) is 1.57. The van der Waals surface area contributed by atoms with E-state index < -0.39 is 5.82 Å². The molecule has 9 nitrogen and oxygen atoms in total. The molecule has 0 bridgehead atoms. The number of nitrogen functional groups attached to an aromatic ring is 1. The lowest BCUT2D eigenvalue weighted by Gasteiger charge is -2.08. The van der Waals surface area contributed by atoms with Gasteiger partial charge in [-0.05, 0) is 60.7 Å². The van der Waals surface area contributed by atoms with Crippen LogP contribution in [0.5, 0.6) is 5.75 Å². The Labute approximate surface area is 204 Å². The molecule has 1 aromatic heterocycles. The van der Waals surface area contributed by atoms with Crippen LogP contribution in [0.15, 0.2) is 78.0 Å². The summed E-state index contributed by atoms with van der Waals surface area (Å²) >= 11 is 1.09. The fraction of sp³-hybridized carbons (Fsp3) is 0.0833. The standard InChI is InChI=1S/C24H21FN6O3S/c1-34-20-11-9-19(10-12-20)28-23(33)15-5-7-18(8-6-15)27-21(32)14-35-24-30-29-22(31(24)26)16-3-2-4-17(25)13-16/h2-13H,14,26H2,1H3,(H,27,32)(H,28,33). The van der Waals surface area contributed by atoms with Gasteiger partial charge in [0, 0.05) is 22.5 Å². The SMILES string of the molecule is COc1ccc(NC(=O)c2ccc(NC(=O)CSc3nnc(-c4cccc(F)c4)n3N)cc2)cc1. The molecule has 1 heterocycles. The number of hydrogen-bond acceptors (Lipinski definition) is 7. The van der Waals surface area contributed by atoms with Crippen molar-refractivity contribution in [2.45, 2.75) is 5.16 Å². The molecule has 0 fully saturated rings. The van der Waals surface area contributed by atoms with E-state index in [0.29, 0.717) is 33.4 Å². The van der Waals surface area contributed by atoms with Crippen LogP contribution in [0.3, 0.4) is 0 Å². The van der Waals surface area contributed by atoms with Crippen LogP contribution in [-0.2, 0) is 4.79 Å². The number of aromatic nitrogens is 3. The number of nitrogens with one attached hydrogen (secondary N) is 2. The van der Waals surface area contributed by atoms with Gasteiger partial charge in [-0.15, -0.1) is 10.2 Å². The third kappa shape index (κ3) is 5.95. The third-order valence-electron chi connectivity index (χ3n) is 4.86. The van der Waals surface area contributed by atoms with E-state index in [4.69, 9.17) is 10.6 Å². The number of nitrogens with two attached hydrogens (primary N) is 1. The first-order chi connectivity index (χ1) is 16.9. The molecular formula is C24H21FN6O3S. The number of nitrogens with zero attached hydrogens (tertiary/aromatic N) is 3. The lowest BCUT2D eigenvalue weighted by atomic mass is 10.2. The minimum atomic E-state index is -0.414. The average Bonchev–Trinajstić information content (AvgIpc) is 3.23. The predicted molar refractivity (Wildman–Crippen MR) is 132 cm³/mol. The Hall–Kier alpha value is -4.38. The topological polar surface area (TPSA) is 124 Å². The maximum atomic E-state index is 13.5. The summed E-state index contributed by atoms with van der Waals surface area (Å²) in [5.74, 6) is 6.04. The van der Waals surface area contributed by atoms with Crippen molar-refractivity contribution >= 4 is 35.0 Å². The van der Waals surface area contributed by atoms with Crippen molar-refractivity contribution < 1.29 is 18.7 Å². The number of amides is 2. The molecule has 2 amide bonds. The van der Waals surface area contributed by atoms with E-state index in [1.807, 2.05) is 0 Å². The summed E-state index contributed by atoms with van der Waals surface area (Å²) in [5.41, 5.74) is 2.09. The zero-order valence-electron chi connectivity index (χ0n) is 18.6. The van der Waals surface area contributed by atoms with E-state index in [9.17, 15) is 14.0 Å². The van der Waals surface area contributed by atoms with Crippen LogP contribution in [0.4, 0.5) is 15.8 Å².